The van der Waals surface area contributed by atoms with E-state index in [-0.39, 0.29) is 18.4 Å². The molecule has 3 N–H and O–H groups in total. The molecule has 216 valence electrons. The summed E-state index contributed by atoms with van der Waals surface area (Å²) in [5.41, 5.74) is 3.69. The number of allylic oxidation sites excluding steroid dienone is 6. The van der Waals surface area contributed by atoms with Crippen LogP contribution in [0.5, 0.6) is 0 Å². The van der Waals surface area contributed by atoms with E-state index in [0.29, 0.717) is 24.6 Å². The second-order valence-corrected chi connectivity index (χ2v) is 9.30. The van der Waals surface area contributed by atoms with Gasteiger partial charge in [0.1, 0.15) is 6.23 Å². The first-order valence-corrected chi connectivity index (χ1v) is 14.1. The first-order valence-electron chi connectivity index (χ1n) is 14.1. The fraction of sp³-hybridized carbons (Fsp3) is 0.485. The zero-order valence-corrected chi connectivity index (χ0v) is 25.0. The van der Waals surface area contributed by atoms with Crippen molar-refractivity contribution in [3.05, 3.63) is 77.8 Å². The highest BCUT2D eigenvalue weighted by Gasteiger charge is 2.19. The molecular weight excluding hydrogens is 486 g/mol. The largest absolute Gasteiger partial charge is 0.481 e. The van der Waals surface area contributed by atoms with Crippen LogP contribution in [0.25, 0.3) is 17.7 Å². The van der Waals surface area contributed by atoms with Gasteiger partial charge in [0.2, 0.25) is 0 Å². The predicted molar refractivity (Wildman–Crippen MR) is 166 cm³/mol. The van der Waals surface area contributed by atoms with Crippen LogP contribution in [0.1, 0.15) is 91.5 Å². The number of unbranched alkanes of at least 4 members (excludes halogenated alkanes) is 1. The predicted octanol–water partition coefficient (Wildman–Crippen LogP) is 5.87. The molecule has 6 nitrogen and oxygen atoms in total. The average molecular weight is 538 g/mol. The molecule has 0 radical (unpaired) electrons. The molecule has 0 amide bonds. The fourth-order valence-electron chi connectivity index (χ4n) is 4.13. The van der Waals surface area contributed by atoms with Gasteiger partial charge in [-0.15, -0.1) is 6.58 Å². The summed E-state index contributed by atoms with van der Waals surface area (Å²) in [5.74, 6) is -0.982. The van der Waals surface area contributed by atoms with Crippen molar-refractivity contribution in [1.29, 1.82) is 0 Å². The number of aliphatic hydroxyl groups excluding tert-OH is 1. The topological polar surface area (TPSA) is 95.3 Å². The number of rotatable bonds is 12. The molecule has 3 unspecified atom stereocenters. The number of aliphatic hydroxyl groups is 1. The Morgan fingerprint density at radius 1 is 1.18 bits per heavy atom. The Morgan fingerprint density at radius 2 is 1.85 bits per heavy atom. The van der Waals surface area contributed by atoms with Crippen LogP contribution in [0.2, 0.25) is 0 Å². The van der Waals surface area contributed by atoms with Crippen LogP contribution in [0.4, 0.5) is 0 Å². The van der Waals surface area contributed by atoms with Crippen molar-refractivity contribution in [1.82, 2.24) is 15.3 Å². The monoisotopic (exact) mass is 537 g/mol. The van der Waals surface area contributed by atoms with Gasteiger partial charge in [0.15, 0.2) is 0 Å². The Balaban J connectivity index is 0.00000269. The SMILES string of the molecule is C=C/C=C(\C=C)c1nc(=C/C)/c(=C\C(C)C(O)NC2C=C(C)CCC2)nc1CCCCC(=O)O.C=CC.CC. The molecule has 0 spiro atoms. The summed E-state index contributed by atoms with van der Waals surface area (Å²) in [6.45, 7) is 22.9. The Labute approximate surface area is 236 Å². The summed E-state index contributed by atoms with van der Waals surface area (Å²) < 4.78 is 0. The normalized spacial score (nSPS) is 17.5. The van der Waals surface area contributed by atoms with Crippen LogP contribution in [0.15, 0.2) is 55.7 Å². The number of aliphatic carboxylic acids is 1. The van der Waals surface area contributed by atoms with E-state index in [1.165, 1.54) is 5.57 Å². The van der Waals surface area contributed by atoms with E-state index in [1.807, 2.05) is 52.8 Å². The minimum atomic E-state index is -0.798. The molecule has 1 aliphatic carbocycles. The first-order chi connectivity index (χ1) is 18.7. The third-order valence-electron chi connectivity index (χ3n) is 6.02. The highest BCUT2D eigenvalue weighted by molar-refractivity contribution is 5.73. The van der Waals surface area contributed by atoms with Gasteiger partial charge in [0.05, 0.1) is 22.1 Å². The molecule has 0 saturated heterocycles. The highest BCUT2D eigenvalue weighted by atomic mass is 16.4. The molecule has 1 heterocycles. The third kappa shape index (κ3) is 13.5. The maximum Gasteiger partial charge on any atom is 0.303 e. The van der Waals surface area contributed by atoms with Gasteiger partial charge in [-0.1, -0.05) is 76.0 Å². The molecular formula is C33H51N3O3. The van der Waals surface area contributed by atoms with E-state index < -0.39 is 12.2 Å². The second-order valence-electron chi connectivity index (χ2n) is 9.30. The Kier molecular flexibility index (Phi) is 19.2. The van der Waals surface area contributed by atoms with Crippen molar-refractivity contribution in [2.45, 2.75) is 98.8 Å². The van der Waals surface area contributed by atoms with Gasteiger partial charge < -0.3 is 10.2 Å². The minimum Gasteiger partial charge on any atom is -0.481 e. The van der Waals surface area contributed by atoms with Gasteiger partial charge in [0, 0.05) is 24.0 Å². The molecule has 1 aliphatic rings. The number of nitrogens with zero attached hydrogens (tertiary/aromatic N) is 2. The summed E-state index contributed by atoms with van der Waals surface area (Å²) >= 11 is 0. The van der Waals surface area contributed by atoms with E-state index in [9.17, 15) is 9.90 Å². The number of hydrogen-bond donors (Lipinski definition) is 3. The van der Waals surface area contributed by atoms with E-state index in [0.717, 1.165) is 41.6 Å². The van der Waals surface area contributed by atoms with Crippen LogP contribution in [-0.2, 0) is 11.2 Å². The van der Waals surface area contributed by atoms with E-state index in [1.54, 1.807) is 18.2 Å². The van der Waals surface area contributed by atoms with Crippen molar-refractivity contribution in [3.8, 4) is 0 Å². The smallest absolute Gasteiger partial charge is 0.303 e. The molecule has 0 aromatic carbocycles. The molecule has 6 heteroatoms. The molecule has 0 saturated carbocycles. The number of hydrogen-bond acceptors (Lipinski definition) is 5. The summed E-state index contributed by atoms with van der Waals surface area (Å²) in [7, 11) is 0. The Morgan fingerprint density at radius 3 is 2.38 bits per heavy atom. The van der Waals surface area contributed by atoms with Crippen LogP contribution in [0.3, 0.4) is 0 Å². The van der Waals surface area contributed by atoms with Gasteiger partial charge >= 0.3 is 5.97 Å². The van der Waals surface area contributed by atoms with Crippen molar-refractivity contribution in [2.75, 3.05) is 0 Å². The lowest BCUT2D eigenvalue weighted by Crippen LogP contribution is -2.43. The fourth-order valence-corrected chi connectivity index (χ4v) is 4.13. The number of aromatic nitrogens is 2. The van der Waals surface area contributed by atoms with Crippen molar-refractivity contribution in [3.63, 3.8) is 0 Å². The standard InChI is InChI=1S/C28H39N3O3.C3H6.C2H6/c1-6-12-21(7-2)27-24(15-9-10-16-26(32)33)30-25(23(8-3)31-27)18-20(5)28(34)29-22-14-11-13-19(4)17-22;1-3-2;1-2/h6-8,12,17-18,20,22,28-29,34H,1-2,9-11,13-16H2,3-5H3,(H,32,33);3H,1H2,2H3;1-2H3/b21-12+,23-8+,25-18+;;. The first kappa shape index (κ1) is 35.9. The highest BCUT2D eigenvalue weighted by Crippen LogP contribution is 2.19. The molecule has 1 aromatic rings. The summed E-state index contributed by atoms with van der Waals surface area (Å²) in [4.78, 5) is 20.7. The van der Waals surface area contributed by atoms with Crippen molar-refractivity contribution >= 4 is 23.7 Å². The lowest BCUT2D eigenvalue weighted by molar-refractivity contribution is -0.137. The third-order valence-corrected chi connectivity index (χ3v) is 6.02. The molecule has 39 heavy (non-hydrogen) atoms. The zero-order chi connectivity index (χ0) is 29.8. The number of nitrogens with one attached hydrogen (secondary N) is 1. The van der Waals surface area contributed by atoms with Crippen LogP contribution in [0, 0.1) is 5.92 Å². The molecule has 1 aromatic heterocycles. The van der Waals surface area contributed by atoms with Gasteiger partial charge in [-0.2, -0.15) is 0 Å². The average Bonchev–Trinajstić information content (AvgIpc) is 2.91. The maximum atomic E-state index is 10.9. The van der Waals surface area contributed by atoms with Crippen molar-refractivity contribution in [2.24, 2.45) is 5.92 Å². The van der Waals surface area contributed by atoms with Gasteiger partial charge in [-0.05, 0) is 65.4 Å². The number of carboxylic acids is 1. The number of carbonyl (C=O) groups is 1. The zero-order valence-electron chi connectivity index (χ0n) is 25.0. The molecule has 0 fully saturated rings. The van der Waals surface area contributed by atoms with Crippen LogP contribution < -0.4 is 16.0 Å². The summed E-state index contributed by atoms with van der Waals surface area (Å²) in [6, 6.07) is 0.175. The van der Waals surface area contributed by atoms with Crippen LogP contribution in [-0.4, -0.2) is 38.4 Å². The van der Waals surface area contributed by atoms with E-state index >= 15 is 0 Å². The molecule has 0 bridgehead atoms. The summed E-state index contributed by atoms with van der Waals surface area (Å²) in [6.07, 6.45) is 17.6. The maximum absolute atomic E-state index is 10.9. The molecule has 2 rings (SSSR count). The summed E-state index contributed by atoms with van der Waals surface area (Å²) in [5, 5.41) is 24.5. The van der Waals surface area contributed by atoms with E-state index in [2.05, 4.69) is 38.1 Å². The minimum absolute atomic E-state index is 0.128. The quantitative estimate of drug-likeness (QED) is 0.134. The van der Waals surface area contributed by atoms with Gasteiger partial charge in [0.25, 0.3) is 0 Å². The van der Waals surface area contributed by atoms with E-state index in [4.69, 9.17) is 15.1 Å². The Hall–Kier alpha value is -3.09. The lowest BCUT2D eigenvalue weighted by atomic mass is 9.96. The lowest BCUT2D eigenvalue weighted by Gasteiger charge is -2.26. The Bertz CT molecular complexity index is 1100. The number of carboxylic acid groups (broad SMARTS) is 1. The van der Waals surface area contributed by atoms with Gasteiger partial charge in [-0.25, -0.2) is 9.97 Å². The second kappa shape index (κ2) is 20.8. The van der Waals surface area contributed by atoms with Crippen LogP contribution >= 0.6 is 0 Å². The molecule has 3 atom stereocenters. The number of aryl methyl sites for hydroxylation is 1. The van der Waals surface area contributed by atoms with Crippen molar-refractivity contribution < 1.29 is 15.0 Å². The van der Waals surface area contributed by atoms with Gasteiger partial charge in [-0.3, -0.25) is 10.1 Å². The molecule has 0 aliphatic heterocycles.